The number of likely N-dealkylation sites (tertiary alicyclic amines) is 1. The van der Waals surface area contributed by atoms with E-state index in [1.54, 1.807) is 0 Å². The van der Waals surface area contributed by atoms with Crippen molar-refractivity contribution in [1.82, 2.24) is 4.90 Å². The quantitative estimate of drug-likeness (QED) is 0.873. The SMILES string of the molecule is CN1CC[C@@H](N)[C@@H]1Cc1ccc2ccccc2c1. The van der Waals surface area contributed by atoms with Crippen LogP contribution in [0.15, 0.2) is 42.5 Å². The first kappa shape index (κ1) is 11.7. The van der Waals surface area contributed by atoms with Crippen LogP contribution >= 0.6 is 0 Å². The monoisotopic (exact) mass is 240 g/mol. The van der Waals surface area contributed by atoms with E-state index in [2.05, 4.69) is 54.4 Å². The van der Waals surface area contributed by atoms with Crippen LogP contribution in [0.2, 0.25) is 0 Å². The van der Waals surface area contributed by atoms with E-state index in [0.717, 1.165) is 19.4 Å². The molecule has 2 aromatic rings. The highest BCUT2D eigenvalue weighted by molar-refractivity contribution is 5.82. The lowest BCUT2D eigenvalue weighted by molar-refractivity contribution is 0.296. The molecule has 1 fully saturated rings. The summed E-state index contributed by atoms with van der Waals surface area (Å²) in [5, 5.41) is 2.63. The van der Waals surface area contributed by atoms with E-state index >= 15 is 0 Å². The Morgan fingerprint density at radius 3 is 2.67 bits per heavy atom. The third kappa shape index (κ3) is 2.14. The van der Waals surface area contributed by atoms with E-state index in [1.165, 1.54) is 16.3 Å². The Morgan fingerprint density at radius 2 is 1.94 bits per heavy atom. The lowest BCUT2D eigenvalue weighted by atomic mass is 9.98. The summed E-state index contributed by atoms with van der Waals surface area (Å²) in [6.45, 7) is 1.12. The van der Waals surface area contributed by atoms with Gasteiger partial charge in [0.05, 0.1) is 0 Å². The molecule has 18 heavy (non-hydrogen) atoms. The topological polar surface area (TPSA) is 29.3 Å². The van der Waals surface area contributed by atoms with Gasteiger partial charge in [-0.3, -0.25) is 0 Å². The Bertz CT molecular complexity index is 540. The first-order valence-electron chi connectivity index (χ1n) is 6.67. The Kier molecular flexibility index (Phi) is 3.06. The molecule has 1 aliphatic rings. The number of hydrogen-bond acceptors (Lipinski definition) is 2. The van der Waals surface area contributed by atoms with Gasteiger partial charge in [0.1, 0.15) is 0 Å². The maximum Gasteiger partial charge on any atom is 0.0284 e. The molecule has 2 N–H and O–H groups in total. The number of hydrogen-bond donors (Lipinski definition) is 1. The van der Waals surface area contributed by atoms with E-state index in [9.17, 15) is 0 Å². The zero-order valence-corrected chi connectivity index (χ0v) is 10.8. The van der Waals surface area contributed by atoms with E-state index in [1.807, 2.05) is 0 Å². The first-order chi connectivity index (χ1) is 8.74. The minimum Gasteiger partial charge on any atom is -0.326 e. The average molecular weight is 240 g/mol. The van der Waals surface area contributed by atoms with Gasteiger partial charge in [0, 0.05) is 12.1 Å². The largest absolute Gasteiger partial charge is 0.326 e. The molecular formula is C16H20N2. The molecule has 0 saturated carbocycles. The number of benzene rings is 2. The molecule has 2 heteroatoms. The summed E-state index contributed by atoms with van der Waals surface area (Å²) in [6.07, 6.45) is 2.18. The van der Waals surface area contributed by atoms with Crippen molar-refractivity contribution in [3.05, 3.63) is 48.0 Å². The fourth-order valence-corrected chi connectivity index (χ4v) is 2.95. The predicted molar refractivity (Wildman–Crippen MR) is 76.7 cm³/mol. The van der Waals surface area contributed by atoms with Crippen LogP contribution in [0.4, 0.5) is 0 Å². The average Bonchev–Trinajstić information content (AvgIpc) is 2.70. The lowest BCUT2D eigenvalue weighted by Crippen LogP contribution is -2.39. The number of rotatable bonds is 2. The summed E-state index contributed by atoms with van der Waals surface area (Å²) in [5.41, 5.74) is 7.58. The fourth-order valence-electron chi connectivity index (χ4n) is 2.95. The molecule has 2 aromatic carbocycles. The van der Waals surface area contributed by atoms with Gasteiger partial charge in [-0.15, -0.1) is 0 Å². The van der Waals surface area contributed by atoms with Gasteiger partial charge in [0.15, 0.2) is 0 Å². The molecule has 0 spiro atoms. The van der Waals surface area contributed by atoms with Crippen LogP contribution in [0.5, 0.6) is 0 Å². The van der Waals surface area contributed by atoms with Crippen molar-refractivity contribution in [2.75, 3.05) is 13.6 Å². The van der Waals surface area contributed by atoms with Crippen molar-refractivity contribution in [1.29, 1.82) is 0 Å². The zero-order valence-electron chi connectivity index (χ0n) is 10.8. The van der Waals surface area contributed by atoms with Crippen molar-refractivity contribution in [2.45, 2.75) is 24.9 Å². The van der Waals surface area contributed by atoms with Gasteiger partial charge in [-0.2, -0.15) is 0 Å². The molecule has 0 radical (unpaired) electrons. The number of nitrogens with two attached hydrogens (primary N) is 1. The molecule has 1 aliphatic heterocycles. The Morgan fingerprint density at radius 1 is 1.17 bits per heavy atom. The summed E-state index contributed by atoms with van der Waals surface area (Å²) < 4.78 is 0. The third-order valence-corrected chi connectivity index (χ3v) is 4.13. The van der Waals surface area contributed by atoms with E-state index < -0.39 is 0 Å². The number of nitrogens with zero attached hydrogens (tertiary/aromatic N) is 1. The van der Waals surface area contributed by atoms with E-state index in [4.69, 9.17) is 5.73 Å². The summed E-state index contributed by atoms with van der Waals surface area (Å²) in [5.74, 6) is 0. The van der Waals surface area contributed by atoms with Gasteiger partial charge >= 0.3 is 0 Å². The summed E-state index contributed by atoms with van der Waals surface area (Å²) >= 11 is 0. The molecule has 0 unspecified atom stereocenters. The maximum absolute atomic E-state index is 6.19. The standard InChI is InChI=1S/C16H20N2/c1-18-9-8-15(17)16(18)11-12-6-7-13-4-2-3-5-14(13)10-12/h2-7,10,15-16H,8-9,11,17H2,1H3/t15-,16+/m1/s1. The Balaban J connectivity index is 1.86. The summed E-state index contributed by atoms with van der Waals surface area (Å²) in [6, 6.07) is 16.1. The van der Waals surface area contributed by atoms with Crippen molar-refractivity contribution < 1.29 is 0 Å². The smallest absolute Gasteiger partial charge is 0.0284 e. The number of likely N-dealkylation sites (N-methyl/N-ethyl adjacent to an activating group) is 1. The maximum atomic E-state index is 6.19. The van der Waals surface area contributed by atoms with E-state index in [0.29, 0.717) is 12.1 Å². The molecule has 3 rings (SSSR count). The molecule has 1 heterocycles. The van der Waals surface area contributed by atoms with Gasteiger partial charge in [-0.05, 0) is 42.8 Å². The van der Waals surface area contributed by atoms with Crippen LogP contribution in [0.3, 0.4) is 0 Å². The molecular weight excluding hydrogens is 220 g/mol. The lowest BCUT2D eigenvalue weighted by Gasteiger charge is -2.22. The van der Waals surface area contributed by atoms with Crippen molar-refractivity contribution in [3.63, 3.8) is 0 Å². The van der Waals surface area contributed by atoms with Crippen molar-refractivity contribution in [2.24, 2.45) is 5.73 Å². The molecule has 0 aromatic heterocycles. The third-order valence-electron chi connectivity index (χ3n) is 4.13. The molecule has 94 valence electrons. The van der Waals surface area contributed by atoms with Gasteiger partial charge < -0.3 is 10.6 Å². The highest BCUT2D eigenvalue weighted by atomic mass is 15.2. The van der Waals surface area contributed by atoms with Crippen LogP contribution in [0, 0.1) is 0 Å². The molecule has 2 nitrogen and oxygen atoms in total. The Labute approximate surface area is 108 Å². The zero-order chi connectivity index (χ0) is 12.5. The van der Waals surface area contributed by atoms with E-state index in [-0.39, 0.29) is 0 Å². The predicted octanol–water partition coefficient (Wildman–Crippen LogP) is 2.41. The van der Waals surface area contributed by atoms with Crippen LogP contribution in [-0.4, -0.2) is 30.6 Å². The van der Waals surface area contributed by atoms with Crippen LogP contribution < -0.4 is 5.73 Å². The van der Waals surface area contributed by atoms with Gasteiger partial charge in [-0.25, -0.2) is 0 Å². The number of fused-ring (bicyclic) bond motifs is 1. The molecule has 0 amide bonds. The van der Waals surface area contributed by atoms with Crippen LogP contribution in [0.25, 0.3) is 10.8 Å². The normalized spacial score (nSPS) is 24.8. The minimum absolute atomic E-state index is 0.321. The minimum atomic E-state index is 0.321. The first-order valence-corrected chi connectivity index (χ1v) is 6.67. The molecule has 0 aliphatic carbocycles. The fraction of sp³-hybridized carbons (Fsp3) is 0.375. The molecule has 0 bridgehead atoms. The van der Waals surface area contributed by atoms with Crippen molar-refractivity contribution >= 4 is 10.8 Å². The van der Waals surface area contributed by atoms with Crippen LogP contribution in [-0.2, 0) is 6.42 Å². The van der Waals surface area contributed by atoms with Gasteiger partial charge in [0.2, 0.25) is 0 Å². The van der Waals surface area contributed by atoms with Gasteiger partial charge in [-0.1, -0.05) is 42.5 Å². The Hall–Kier alpha value is -1.38. The highest BCUT2D eigenvalue weighted by Crippen LogP contribution is 2.21. The second-order valence-corrected chi connectivity index (χ2v) is 5.39. The van der Waals surface area contributed by atoms with Crippen LogP contribution in [0.1, 0.15) is 12.0 Å². The summed E-state index contributed by atoms with van der Waals surface area (Å²) in [7, 11) is 2.18. The second-order valence-electron chi connectivity index (χ2n) is 5.39. The summed E-state index contributed by atoms with van der Waals surface area (Å²) in [4.78, 5) is 2.39. The molecule has 2 atom stereocenters. The molecule has 1 saturated heterocycles. The van der Waals surface area contributed by atoms with Gasteiger partial charge in [0.25, 0.3) is 0 Å². The highest BCUT2D eigenvalue weighted by Gasteiger charge is 2.28. The van der Waals surface area contributed by atoms with Crippen molar-refractivity contribution in [3.8, 4) is 0 Å². The second kappa shape index (κ2) is 4.71.